The van der Waals surface area contributed by atoms with E-state index in [2.05, 4.69) is 69.7 Å². The molecule has 0 unspecified atom stereocenters. The number of rotatable bonds is 6. The number of fused-ring (bicyclic) bond motifs is 1. The van der Waals surface area contributed by atoms with Crippen molar-refractivity contribution >= 4 is 5.69 Å². The normalized spacial score (nSPS) is 21.1. The number of benzene rings is 1. The third kappa shape index (κ3) is 3.24. The summed E-state index contributed by atoms with van der Waals surface area (Å²) in [5.41, 5.74) is 2.98. The Kier molecular flexibility index (Phi) is 5.06. The molecule has 0 aliphatic carbocycles. The van der Waals surface area contributed by atoms with Gasteiger partial charge in [-0.15, -0.1) is 0 Å². The Hall–Kier alpha value is -1.22. The smallest absolute Gasteiger partial charge is 0.119 e. The van der Waals surface area contributed by atoms with Crippen LogP contribution in [0.2, 0.25) is 0 Å². The lowest BCUT2D eigenvalue weighted by molar-refractivity contribution is 0.160. The summed E-state index contributed by atoms with van der Waals surface area (Å²) in [7, 11) is 3.94. The van der Waals surface area contributed by atoms with Gasteiger partial charge in [0.2, 0.25) is 0 Å². The second kappa shape index (κ2) is 6.49. The second-order valence-electron chi connectivity index (χ2n) is 7.48. The maximum absolute atomic E-state index is 5.44. The van der Waals surface area contributed by atoms with E-state index in [1.54, 1.807) is 7.11 Å². The van der Waals surface area contributed by atoms with Crippen LogP contribution in [-0.4, -0.2) is 44.2 Å². The highest BCUT2D eigenvalue weighted by Crippen LogP contribution is 2.43. The summed E-state index contributed by atoms with van der Waals surface area (Å²) >= 11 is 0. The molecule has 1 atom stereocenters. The van der Waals surface area contributed by atoms with Gasteiger partial charge in [0, 0.05) is 36.8 Å². The molecule has 1 aromatic carbocycles. The van der Waals surface area contributed by atoms with E-state index in [4.69, 9.17) is 4.74 Å². The van der Waals surface area contributed by atoms with E-state index in [-0.39, 0.29) is 5.41 Å². The summed E-state index contributed by atoms with van der Waals surface area (Å²) in [6, 6.07) is 7.67. The summed E-state index contributed by atoms with van der Waals surface area (Å²) in [5.74, 6) is 0.963. The van der Waals surface area contributed by atoms with Crippen molar-refractivity contribution in [1.82, 2.24) is 4.90 Å². The van der Waals surface area contributed by atoms with E-state index in [0.29, 0.717) is 12.1 Å². The summed E-state index contributed by atoms with van der Waals surface area (Å²) in [6.07, 6.45) is 1.17. The highest BCUT2D eigenvalue weighted by atomic mass is 16.5. The number of likely N-dealkylation sites (N-methyl/N-ethyl adjacent to an activating group) is 1. The molecule has 0 fully saturated rings. The Morgan fingerprint density at radius 3 is 2.41 bits per heavy atom. The molecule has 22 heavy (non-hydrogen) atoms. The van der Waals surface area contributed by atoms with Gasteiger partial charge in [-0.25, -0.2) is 0 Å². The van der Waals surface area contributed by atoms with Crippen LogP contribution in [0.15, 0.2) is 18.2 Å². The molecule has 0 saturated carbocycles. The van der Waals surface area contributed by atoms with Crippen molar-refractivity contribution in [2.24, 2.45) is 0 Å². The van der Waals surface area contributed by atoms with Crippen molar-refractivity contribution in [3.8, 4) is 5.75 Å². The van der Waals surface area contributed by atoms with Crippen LogP contribution in [0.1, 0.15) is 46.6 Å². The second-order valence-corrected chi connectivity index (χ2v) is 7.48. The topological polar surface area (TPSA) is 15.7 Å². The first-order valence-corrected chi connectivity index (χ1v) is 8.44. The zero-order valence-corrected chi connectivity index (χ0v) is 15.3. The van der Waals surface area contributed by atoms with Crippen molar-refractivity contribution in [3.05, 3.63) is 23.8 Å². The lowest BCUT2D eigenvalue weighted by Crippen LogP contribution is -2.41. The Balaban J connectivity index is 2.21. The van der Waals surface area contributed by atoms with Crippen molar-refractivity contribution in [1.29, 1.82) is 0 Å². The van der Waals surface area contributed by atoms with Crippen molar-refractivity contribution in [2.45, 2.75) is 58.5 Å². The lowest BCUT2D eigenvalue weighted by Gasteiger charge is -2.34. The molecule has 1 aliphatic rings. The zero-order chi connectivity index (χ0) is 16.5. The molecular weight excluding hydrogens is 272 g/mol. The van der Waals surface area contributed by atoms with Crippen LogP contribution < -0.4 is 9.64 Å². The molecule has 3 nitrogen and oxygen atoms in total. The van der Waals surface area contributed by atoms with Gasteiger partial charge in [-0.3, -0.25) is 4.90 Å². The number of nitrogens with zero attached hydrogens (tertiary/aromatic N) is 2. The van der Waals surface area contributed by atoms with Crippen LogP contribution in [0.3, 0.4) is 0 Å². The molecule has 1 heterocycles. The molecule has 0 bridgehead atoms. The van der Waals surface area contributed by atoms with Gasteiger partial charge in [0.25, 0.3) is 0 Å². The molecule has 124 valence electrons. The van der Waals surface area contributed by atoms with Gasteiger partial charge < -0.3 is 9.64 Å². The zero-order valence-electron chi connectivity index (χ0n) is 15.3. The molecule has 0 saturated heterocycles. The maximum atomic E-state index is 5.44. The minimum atomic E-state index is 0.195. The standard InChI is InChI=1S/C19H32N2O/c1-14(2)21(15(3)4)11-10-19(5)13-20(6)18-9-8-16(22-7)12-17(18)19/h8-9,12,14-15H,10-11,13H2,1-7H3/t19-/m1/s1. The van der Waals surface area contributed by atoms with E-state index < -0.39 is 0 Å². The van der Waals surface area contributed by atoms with Crippen LogP contribution in [0.5, 0.6) is 5.75 Å². The summed E-state index contributed by atoms with van der Waals surface area (Å²) in [4.78, 5) is 4.97. The van der Waals surface area contributed by atoms with Crippen LogP contribution >= 0.6 is 0 Å². The van der Waals surface area contributed by atoms with Crippen LogP contribution in [0.4, 0.5) is 5.69 Å². The van der Waals surface area contributed by atoms with Gasteiger partial charge in [0.05, 0.1) is 7.11 Å². The van der Waals surface area contributed by atoms with Gasteiger partial charge in [-0.2, -0.15) is 0 Å². The molecule has 0 radical (unpaired) electrons. The van der Waals surface area contributed by atoms with Crippen molar-refractivity contribution in [2.75, 3.05) is 32.1 Å². The number of ether oxygens (including phenoxy) is 1. The third-order valence-electron chi connectivity index (χ3n) is 5.10. The van der Waals surface area contributed by atoms with E-state index in [9.17, 15) is 0 Å². The molecule has 2 rings (SSSR count). The van der Waals surface area contributed by atoms with Crippen LogP contribution in [-0.2, 0) is 5.41 Å². The van der Waals surface area contributed by atoms with Gasteiger partial charge >= 0.3 is 0 Å². The molecule has 0 aromatic heterocycles. The maximum Gasteiger partial charge on any atom is 0.119 e. The van der Waals surface area contributed by atoms with Crippen LogP contribution in [0.25, 0.3) is 0 Å². The monoisotopic (exact) mass is 304 g/mol. The predicted molar refractivity (Wildman–Crippen MR) is 95.2 cm³/mol. The first-order chi connectivity index (χ1) is 10.3. The highest BCUT2D eigenvalue weighted by Gasteiger charge is 2.38. The Labute approximate surface area is 136 Å². The SMILES string of the molecule is COc1ccc2c(c1)[C@](C)(CCN(C(C)C)C(C)C)CN2C. The fourth-order valence-electron chi connectivity index (χ4n) is 3.85. The fraction of sp³-hybridized carbons (Fsp3) is 0.684. The summed E-state index contributed by atoms with van der Waals surface area (Å²) in [5, 5.41) is 0. The minimum Gasteiger partial charge on any atom is -0.497 e. The Morgan fingerprint density at radius 1 is 1.23 bits per heavy atom. The highest BCUT2D eigenvalue weighted by molar-refractivity contribution is 5.63. The van der Waals surface area contributed by atoms with E-state index in [0.717, 1.165) is 18.8 Å². The van der Waals surface area contributed by atoms with E-state index >= 15 is 0 Å². The molecule has 0 N–H and O–H groups in total. The molecular formula is C19H32N2O. The third-order valence-corrected chi connectivity index (χ3v) is 5.10. The predicted octanol–water partition coefficient (Wildman–Crippen LogP) is 3.91. The van der Waals surface area contributed by atoms with Crippen LogP contribution in [0, 0.1) is 0 Å². The van der Waals surface area contributed by atoms with Crippen molar-refractivity contribution in [3.63, 3.8) is 0 Å². The van der Waals surface area contributed by atoms with E-state index in [1.165, 1.54) is 17.7 Å². The first kappa shape index (κ1) is 17.1. The number of hydrogen-bond acceptors (Lipinski definition) is 3. The minimum absolute atomic E-state index is 0.195. The first-order valence-electron chi connectivity index (χ1n) is 8.44. The van der Waals surface area contributed by atoms with Gasteiger partial charge in [0.1, 0.15) is 5.75 Å². The molecule has 0 amide bonds. The Bertz CT molecular complexity index is 504. The lowest BCUT2D eigenvalue weighted by atomic mass is 9.81. The number of anilines is 1. The Morgan fingerprint density at radius 2 is 1.86 bits per heavy atom. The molecule has 1 aromatic rings. The molecule has 1 aliphatic heterocycles. The van der Waals surface area contributed by atoms with E-state index in [1.807, 2.05) is 0 Å². The largest absolute Gasteiger partial charge is 0.497 e. The molecule has 0 spiro atoms. The molecule has 3 heteroatoms. The number of methoxy groups -OCH3 is 1. The summed E-state index contributed by atoms with van der Waals surface area (Å²) < 4.78 is 5.44. The van der Waals surface area contributed by atoms with Gasteiger partial charge in [-0.05, 0) is 64.4 Å². The average Bonchev–Trinajstić information content (AvgIpc) is 2.69. The summed E-state index contributed by atoms with van der Waals surface area (Å²) in [6.45, 7) is 13.8. The fourth-order valence-corrected chi connectivity index (χ4v) is 3.85. The van der Waals surface area contributed by atoms with Gasteiger partial charge in [0.15, 0.2) is 0 Å². The van der Waals surface area contributed by atoms with Crippen molar-refractivity contribution < 1.29 is 4.74 Å². The van der Waals surface area contributed by atoms with Gasteiger partial charge in [-0.1, -0.05) is 6.92 Å². The quantitative estimate of drug-likeness (QED) is 0.792. The average molecular weight is 304 g/mol. The number of hydrogen-bond donors (Lipinski definition) is 0.